The Morgan fingerprint density at radius 3 is 2.42 bits per heavy atom. The Kier molecular flexibility index (Phi) is 3.27. The average Bonchev–Trinajstić information content (AvgIpc) is 2.17. The van der Waals surface area contributed by atoms with E-state index in [1.165, 1.54) is 11.8 Å². The minimum Gasteiger partial charge on any atom is -0.192 e. The predicted octanol–water partition coefficient (Wildman–Crippen LogP) is 2.60. The van der Waals surface area contributed by atoms with Crippen LogP contribution >= 0.6 is 24.0 Å². The molecule has 0 aliphatic rings. The van der Waals surface area contributed by atoms with E-state index in [-0.39, 0.29) is 0 Å². The van der Waals surface area contributed by atoms with E-state index in [4.69, 9.17) is 17.5 Å². The van der Waals surface area contributed by atoms with Crippen molar-refractivity contribution in [2.45, 2.75) is 0 Å². The quantitative estimate of drug-likeness (QED) is 0.641. The molecule has 0 radical (unpaired) electrons. The molecule has 0 aromatic heterocycles. The first-order valence-electron chi connectivity index (χ1n) is 3.36. The number of thioether (sulfide) groups is 1. The number of hydrogen-bond acceptors (Lipinski definition) is 3. The number of nitrogens with zero attached hydrogens (tertiary/aromatic N) is 1. The molecule has 0 atom stereocenters. The Labute approximate surface area is 81.4 Å². The van der Waals surface area contributed by atoms with E-state index in [1.54, 1.807) is 12.1 Å². The molecule has 0 aliphatic heterocycles. The number of hydrogen-bond donors (Lipinski definition) is 0. The standard InChI is InChI=1S/C9H7NS2/c1-12-9(11)8-4-2-7(6-10)3-5-8/h2-5H,1H3. The molecule has 1 aromatic carbocycles. The molecule has 3 heteroatoms. The number of thiocarbonyl (C=S) groups is 1. The highest BCUT2D eigenvalue weighted by Crippen LogP contribution is 2.11. The van der Waals surface area contributed by atoms with Crippen LogP contribution in [0.4, 0.5) is 0 Å². The van der Waals surface area contributed by atoms with Crippen LogP contribution < -0.4 is 0 Å². The summed E-state index contributed by atoms with van der Waals surface area (Å²) < 4.78 is 0.861. The second-order valence-corrected chi connectivity index (χ2v) is 3.66. The first-order valence-corrected chi connectivity index (χ1v) is 4.99. The van der Waals surface area contributed by atoms with Crippen LogP contribution in [0.5, 0.6) is 0 Å². The van der Waals surface area contributed by atoms with Gasteiger partial charge in [0.05, 0.1) is 15.8 Å². The molecule has 60 valence electrons. The van der Waals surface area contributed by atoms with Gasteiger partial charge < -0.3 is 0 Å². The van der Waals surface area contributed by atoms with Crippen molar-refractivity contribution in [3.63, 3.8) is 0 Å². The summed E-state index contributed by atoms with van der Waals surface area (Å²) in [6.45, 7) is 0. The summed E-state index contributed by atoms with van der Waals surface area (Å²) in [6, 6.07) is 9.36. The van der Waals surface area contributed by atoms with Crippen molar-refractivity contribution in [3.05, 3.63) is 35.4 Å². The molecule has 0 heterocycles. The second kappa shape index (κ2) is 4.24. The van der Waals surface area contributed by atoms with Crippen molar-refractivity contribution >= 4 is 28.2 Å². The molecule has 0 saturated carbocycles. The van der Waals surface area contributed by atoms with Crippen LogP contribution in [0.1, 0.15) is 11.1 Å². The molecule has 1 aromatic rings. The SMILES string of the molecule is CSC(=S)c1ccc(C#N)cc1. The van der Waals surface area contributed by atoms with E-state index >= 15 is 0 Å². The Hall–Kier alpha value is -0.850. The van der Waals surface area contributed by atoms with E-state index in [9.17, 15) is 0 Å². The van der Waals surface area contributed by atoms with E-state index in [0.717, 1.165) is 9.76 Å². The summed E-state index contributed by atoms with van der Waals surface area (Å²) in [6.07, 6.45) is 1.94. The Balaban J connectivity index is 2.94. The third-order valence-electron chi connectivity index (χ3n) is 1.44. The van der Waals surface area contributed by atoms with Gasteiger partial charge in [0, 0.05) is 0 Å². The van der Waals surface area contributed by atoms with Crippen LogP contribution in [0, 0.1) is 11.3 Å². The van der Waals surface area contributed by atoms with Crippen LogP contribution in [-0.2, 0) is 0 Å². The van der Waals surface area contributed by atoms with Crippen LogP contribution in [0.25, 0.3) is 0 Å². The monoisotopic (exact) mass is 193 g/mol. The van der Waals surface area contributed by atoms with Crippen LogP contribution in [-0.4, -0.2) is 10.5 Å². The van der Waals surface area contributed by atoms with Gasteiger partial charge in [-0.1, -0.05) is 24.4 Å². The Bertz CT molecular complexity index is 321. The fourth-order valence-electron chi connectivity index (χ4n) is 0.799. The van der Waals surface area contributed by atoms with Crippen molar-refractivity contribution in [1.29, 1.82) is 5.26 Å². The molecule has 0 fully saturated rings. The number of benzene rings is 1. The van der Waals surface area contributed by atoms with Crippen LogP contribution in [0.2, 0.25) is 0 Å². The molecule has 1 rings (SSSR count). The van der Waals surface area contributed by atoms with Gasteiger partial charge in [0.2, 0.25) is 0 Å². The summed E-state index contributed by atoms with van der Waals surface area (Å²) in [4.78, 5) is 0. The van der Waals surface area contributed by atoms with Crippen molar-refractivity contribution in [3.8, 4) is 6.07 Å². The van der Waals surface area contributed by atoms with Gasteiger partial charge in [-0.2, -0.15) is 5.26 Å². The number of nitriles is 1. The molecular formula is C9H7NS2. The molecule has 0 amide bonds. The molecule has 0 unspecified atom stereocenters. The summed E-state index contributed by atoms with van der Waals surface area (Å²) in [7, 11) is 0. The normalized spacial score (nSPS) is 9.00. The van der Waals surface area contributed by atoms with Gasteiger partial charge in [-0.15, -0.1) is 11.8 Å². The summed E-state index contributed by atoms with van der Waals surface area (Å²) in [5.41, 5.74) is 1.68. The van der Waals surface area contributed by atoms with Gasteiger partial charge in [-0.05, 0) is 24.0 Å². The topological polar surface area (TPSA) is 23.8 Å². The van der Waals surface area contributed by atoms with E-state index in [2.05, 4.69) is 6.07 Å². The van der Waals surface area contributed by atoms with Gasteiger partial charge in [-0.3, -0.25) is 0 Å². The molecule has 0 N–H and O–H groups in total. The minimum atomic E-state index is 0.669. The van der Waals surface area contributed by atoms with Crippen molar-refractivity contribution in [1.82, 2.24) is 0 Å². The summed E-state index contributed by atoms with van der Waals surface area (Å²) in [5, 5.41) is 8.54. The largest absolute Gasteiger partial charge is 0.192 e. The fraction of sp³-hybridized carbons (Fsp3) is 0.111. The highest BCUT2D eigenvalue weighted by molar-refractivity contribution is 8.23. The lowest BCUT2D eigenvalue weighted by molar-refractivity contribution is 1.48. The first kappa shape index (κ1) is 9.24. The lowest BCUT2D eigenvalue weighted by atomic mass is 10.2. The molecule has 0 saturated heterocycles. The maximum absolute atomic E-state index is 8.54. The van der Waals surface area contributed by atoms with E-state index in [1.807, 2.05) is 18.4 Å². The van der Waals surface area contributed by atoms with Crippen LogP contribution in [0.3, 0.4) is 0 Å². The zero-order valence-corrected chi connectivity index (χ0v) is 8.21. The second-order valence-electron chi connectivity index (χ2n) is 2.18. The first-order chi connectivity index (χ1) is 5.77. The zero-order chi connectivity index (χ0) is 8.97. The van der Waals surface area contributed by atoms with E-state index in [0.29, 0.717) is 5.56 Å². The molecule has 0 spiro atoms. The third kappa shape index (κ3) is 2.07. The maximum Gasteiger partial charge on any atom is 0.0991 e. The maximum atomic E-state index is 8.54. The van der Waals surface area contributed by atoms with E-state index < -0.39 is 0 Å². The van der Waals surface area contributed by atoms with Gasteiger partial charge in [0.15, 0.2) is 0 Å². The fourth-order valence-corrected chi connectivity index (χ4v) is 1.31. The highest BCUT2D eigenvalue weighted by atomic mass is 32.2. The highest BCUT2D eigenvalue weighted by Gasteiger charge is 1.97. The van der Waals surface area contributed by atoms with Crippen LogP contribution in [0.15, 0.2) is 24.3 Å². The smallest absolute Gasteiger partial charge is 0.0991 e. The summed E-state index contributed by atoms with van der Waals surface area (Å²) >= 11 is 6.62. The van der Waals surface area contributed by atoms with Gasteiger partial charge in [-0.25, -0.2) is 0 Å². The van der Waals surface area contributed by atoms with Crippen molar-refractivity contribution < 1.29 is 0 Å². The minimum absolute atomic E-state index is 0.669. The van der Waals surface area contributed by atoms with Crippen molar-refractivity contribution in [2.24, 2.45) is 0 Å². The lowest BCUT2D eigenvalue weighted by Crippen LogP contribution is -1.89. The molecule has 12 heavy (non-hydrogen) atoms. The molecule has 0 bridgehead atoms. The molecule has 0 aliphatic carbocycles. The lowest BCUT2D eigenvalue weighted by Gasteiger charge is -1.98. The van der Waals surface area contributed by atoms with Crippen molar-refractivity contribution in [2.75, 3.05) is 6.26 Å². The van der Waals surface area contributed by atoms with Gasteiger partial charge in [0.1, 0.15) is 0 Å². The zero-order valence-electron chi connectivity index (χ0n) is 6.57. The molecular weight excluding hydrogens is 186 g/mol. The Morgan fingerprint density at radius 1 is 1.42 bits per heavy atom. The van der Waals surface area contributed by atoms with Gasteiger partial charge in [0.25, 0.3) is 0 Å². The van der Waals surface area contributed by atoms with Gasteiger partial charge >= 0.3 is 0 Å². The molecule has 1 nitrogen and oxygen atoms in total. The Morgan fingerprint density at radius 2 is 2.00 bits per heavy atom. The predicted molar refractivity (Wildman–Crippen MR) is 56.4 cm³/mol. The summed E-state index contributed by atoms with van der Waals surface area (Å²) in [5.74, 6) is 0. The third-order valence-corrected chi connectivity index (χ3v) is 2.78. The average molecular weight is 193 g/mol. The number of rotatable bonds is 1.